The molecule has 0 aliphatic carbocycles. The van der Waals surface area contributed by atoms with Gasteiger partial charge < -0.3 is 10.6 Å². The van der Waals surface area contributed by atoms with Crippen molar-refractivity contribution in [2.75, 3.05) is 26.2 Å². The highest BCUT2D eigenvalue weighted by Gasteiger charge is 2.32. The van der Waals surface area contributed by atoms with Crippen molar-refractivity contribution in [1.29, 1.82) is 0 Å². The van der Waals surface area contributed by atoms with Gasteiger partial charge in [0.2, 0.25) is 10.0 Å². The molecule has 138 valence electrons. The molecule has 0 spiro atoms. The summed E-state index contributed by atoms with van der Waals surface area (Å²) in [5.41, 5.74) is 0.395. The van der Waals surface area contributed by atoms with E-state index in [0.717, 1.165) is 25.9 Å². The van der Waals surface area contributed by atoms with Crippen LogP contribution in [0.25, 0.3) is 0 Å². The Labute approximate surface area is 150 Å². The number of amides is 1. The number of carbonyl (C=O) groups is 1. The van der Waals surface area contributed by atoms with Gasteiger partial charge in [-0.25, -0.2) is 8.42 Å². The van der Waals surface area contributed by atoms with Crippen LogP contribution in [0.5, 0.6) is 0 Å². The molecular weight excluding hydrogens is 338 g/mol. The molecule has 25 heavy (non-hydrogen) atoms. The predicted octanol–water partition coefficient (Wildman–Crippen LogP) is 1.44. The van der Waals surface area contributed by atoms with Crippen LogP contribution in [0.4, 0.5) is 0 Å². The Hall–Kier alpha value is -1.44. The van der Waals surface area contributed by atoms with Gasteiger partial charge >= 0.3 is 0 Å². The van der Waals surface area contributed by atoms with Crippen molar-refractivity contribution < 1.29 is 13.2 Å². The SMILES string of the molecule is CC1CC(C)CN(S(=O)(=O)c2cccc(C(=O)NC3CCNC3)c2)C1. The zero-order valence-corrected chi connectivity index (χ0v) is 15.7. The van der Waals surface area contributed by atoms with Gasteiger partial charge in [0.25, 0.3) is 5.91 Å². The van der Waals surface area contributed by atoms with Crippen LogP contribution in [0.15, 0.2) is 29.2 Å². The Balaban J connectivity index is 1.78. The predicted molar refractivity (Wildman–Crippen MR) is 96.9 cm³/mol. The topological polar surface area (TPSA) is 78.5 Å². The van der Waals surface area contributed by atoms with E-state index >= 15 is 0 Å². The van der Waals surface area contributed by atoms with Gasteiger partial charge in [0.05, 0.1) is 4.90 Å². The van der Waals surface area contributed by atoms with E-state index in [9.17, 15) is 13.2 Å². The molecule has 0 bridgehead atoms. The smallest absolute Gasteiger partial charge is 0.251 e. The molecular formula is C18H27N3O3S. The number of piperidine rings is 1. The number of hydrogen-bond acceptors (Lipinski definition) is 4. The Morgan fingerprint density at radius 2 is 1.96 bits per heavy atom. The Kier molecular flexibility index (Phi) is 5.46. The quantitative estimate of drug-likeness (QED) is 0.846. The molecule has 1 aromatic rings. The van der Waals surface area contributed by atoms with E-state index < -0.39 is 10.0 Å². The van der Waals surface area contributed by atoms with Crippen LogP contribution < -0.4 is 10.6 Å². The maximum absolute atomic E-state index is 13.0. The monoisotopic (exact) mass is 365 g/mol. The van der Waals surface area contributed by atoms with Gasteiger partial charge in [0, 0.05) is 31.2 Å². The fourth-order valence-corrected chi connectivity index (χ4v) is 5.52. The fraction of sp³-hybridized carbons (Fsp3) is 0.611. The van der Waals surface area contributed by atoms with E-state index in [2.05, 4.69) is 24.5 Å². The summed E-state index contributed by atoms with van der Waals surface area (Å²) in [7, 11) is -3.57. The standard InChI is InChI=1S/C18H27N3O3S/c1-13-8-14(2)12-21(11-13)25(23,24)17-5-3-4-15(9-17)18(22)20-16-6-7-19-10-16/h3-5,9,13-14,16,19H,6-8,10-12H2,1-2H3,(H,20,22). The van der Waals surface area contributed by atoms with Gasteiger partial charge in [-0.3, -0.25) is 4.79 Å². The van der Waals surface area contributed by atoms with E-state index in [0.29, 0.717) is 30.5 Å². The fourth-order valence-electron chi connectivity index (χ4n) is 3.80. The van der Waals surface area contributed by atoms with Gasteiger partial charge in [0.1, 0.15) is 0 Å². The van der Waals surface area contributed by atoms with Crippen molar-refractivity contribution >= 4 is 15.9 Å². The number of rotatable bonds is 4. The number of nitrogens with zero attached hydrogens (tertiary/aromatic N) is 1. The molecule has 2 N–H and O–H groups in total. The summed E-state index contributed by atoms with van der Waals surface area (Å²) in [4.78, 5) is 12.6. The first-order valence-electron chi connectivity index (χ1n) is 8.98. The average Bonchev–Trinajstić information content (AvgIpc) is 3.07. The molecule has 1 aromatic carbocycles. The molecule has 2 heterocycles. The first-order valence-corrected chi connectivity index (χ1v) is 10.4. The van der Waals surface area contributed by atoms with Crippen molar-refractivity contribution in [3.05, 3.63) is 29.8 Å². The van der Waals surface area contributed by atoms with E-state index in [1.54, 1.807) is 22.5 Å². The van der Waals surface area contributed by atoms with Crippen LogP contribution in [0.1, 0.15) is 37.0 Å². The van der Waals surface area contributed by atoms with E-state index in [4.69, 9.17) is 0 Å². The van der Waals surface area contributed by atoms with Gasteiger partial charge in [-0.1, -0.05) is 19.9 Å². The Morgan fingerprint density at radius 1 is 1.24 bits per heavy atom. The summed E-state index contributed by atoms with van der Waals surface area (Å²) in [6.07, 6.45) is 1.94. The molecule has 0 aromatic heterocycles. The van der Waals surface area contributed by atoms with Crippen LogP contribution in [-0.4, -0.2) is 50.9 Å². The zero-order chi connectivity index (χ0) is 18.0. The number of sulfonamides is 1. The molecule has 2 fully saturated rings. The molecule has 3 rings (SSSR count). The molecule has 0 radical (unpaired) electrons. The Bertz CT molecular complexity index is 719. The van der Waals surface area contributed by atoms with Crippen LogP contribution >= 0.6 is 0 Å². The summed E-state index contributed by atoms with van der Waals surface area (Å²) in [5.74, 6) is 0.478. The maximum atomic E-state index is 13.0. The summed E-state index contributed by atoms with van der Waals surface area (Å²) >= 11 is 0. The van der Waals surface area contributed by atoms with Crippen LogP contribution in [-0.2, 0) is 10.0 Å². The summed E-state index contributed by atoms with van der Waals surface area (Å²) < 4.78 is 27.5. The molecule has 2 saturated heterocycles. The second-order valence-electron chi connectivity index (χ2n) is 7.46. The number of carbonyl (C=O) groups excluding carboxylic acids is 1. The second-order valence-corrected chi connectivity index (χ2v) is 9.40. The van der Waals surface area contributed by atoms with Gasteiger partial charge in [-0.2, -0.15) is 4.31 Å². The first kappa shape index (κ1) is 18.4. The normalized spacial score (nSPS) is 28.0. The minimum Gasteiger partial charge on any atom is -0.348 e. The van der Waals surface area contributed by atoms with Crippen LogP contribution in [0.3, 0.4) is 0 Å². The first-order chi connectivity index (χ1) is 11.9. The van der Waals surface area contributed by atoms with Crippen molar-refractivity contribution in [1.82, 2.24) is 14.9 Å². The largest absolute Gasteiger partial charge is 0.348 e. The number of benzene rings is 1. The highest BCUT2D eigenvalue weighted by molar-refractivity contribution is 7.89. The van der Waals surface area contributed by atoms with Gasteiger partial charge in [-0.15, -0.1) is 0 Å². The number of nitrogens with one attached hydrogen (secondary N) is 2. The third-order valence-corrected chi connectivity index (χ3v) is 6.79. The molecule has 6 nitrogen and oxygen atoms in total. The minimum absolute atomic E-state index is 0.108. The lowest BCUT2D eigenvalue weighted by molar-refractivity contribution is 0.0940. The highest BCUT2D eigenvalue weighted by Crippen LogP contribution is 2.27. The van der Waals surface area contributed by atoms with Gasteiger partial charge in [0.15, 0.2) is 0 Å². The van der Waals surface area contributed by atoms with E-state index in [-0.39, 0.29) is 16.8 Å². The third kappa shape index (κ3) is 4.22. The molecule has 2 aliphatic rings. The van der Waals surface area contributed by atoms with Crippen molar-refractivity contribution in [3.8, 4) is 0 Å². The molecule has 7 heteroatoms. The molecule has 2 aliphatic heterocycles. The number of hydrogen-bond donors (Lipinski definition) is 2. The molecule has 3 atom stereocenters. The molecule has 0 saturated carbocycles. The van der Waals surface area contributed by atoms with Crippen LogP contribution in [0, 0.1) is 11.8 Å². The maximum Gasteiger partial charge on any atom is 0.251 e. The summed E-state index contributed by atoms with van der Waals surface area (Å²) in [6, 6.07) is 6.49. The Morgan fingerprint density at radius 3 is 2.60 bits per heavy atom. The highest BCUT2D eigenvalue weighted by atomic mass is 32.2. The van der Waals surface area contributed by atoms with E-state index in [1.165, 1.54) is 6.07 Å². The molecule has 3 unspecified atom stereocenters. The lowest BCUT2D eigenvalue weighted by atomic mass is 9.94. The van der Waals surface area contributed by atoms with Crippen LogP contribution in [0.2, 0.25) is 0 Å². The lowest BCUT2D eigenvalue weighted by Crippen LogP contribution is -2.42. The average molecular weight is 365 g/mol. The zero-order valence-electron chi connectivity index (χ0n) is 14.9. The van der Waals surface area contributed by atoms with Crippen molar-refractivity contribution in [3.63, 3.8) is 0 Å². The third-order valence-electron chi connectivity index (χ3n) is 4.96. The molecule has 1 amide bonds. The van der Waals surface area contributed by atoms with Crippen molar-refractivity contribution in [2.24, 2.45) is 11.8 Å². The van der Waals surface area contributed by atoms with Crippen molar-refractivity contribution in [2.45, 2.75) is 37.6 Å². The van der Waals surface area contributed by atoms with E-state index in [1.807, 2.05) is 0 Å². The minimum atomic E-state index is -3.57. The summed E-state index contributed by atoms with van der Waals surface area (Å²) in [5, 5.41) is 6.16. The lowest BCUT2D eigenvalue weighted by Gasteiger charge is -2.34. The van der Waals surface area contributed by atoms with Gasteiger partial charge in [-0.05, 0) is 49.4 Å². The second kappa shape index (κ2) is 7.43. The summed E-state index contributed by atoms with van der Waals surface area (Å²) in [6.45, 7) is 6.89.